The summed E-state index contributed by atoms with van der Waals surface area (Å²) in [6, 6.07) is 0. The molecule has 0 saturated heterocycles. The summed E-state index contributed by atoms with van der Waals surface area (Å²) in [5, 5.41) is 10.6. The maximum absolute atomic E-state index is 13.1. The fourth-order valence-electron chi connectivity index (χ4n) is 12.8. The monoisotopic (exact) mass is 1480 g/mol. The quantitative estimate of drug-likeness (QED) is 0.0222. The van der Waals surface area contributed by atoms with Crippen molar-refractivity contribution in [3.05, 3.63) is 0 Å². The highest BCUT2D eigenvalue weighted by Crippen LogP contribution is 2.45. The number of hydrogen-bond donors (Lipinski definition) is 3. The summed E-state index contributed by atoms with van der Waals surface area (Å²) in [6.45, 7) is 7.26. The maximum atomic E-state index is 13.1. The van der Waals surface area contributed by atoms with Crippen molar-refractivity contribution in [2.24, 2.45) is 5.92 Å². The molecule has 0 heterocycles. The highest BCUT2D eigenvalue weighted by atomic mass is 31.2. The number of phosphoric ester groups is 2. The van der Waals surface area contributed by atoms with Gasteiger partial charge < -0.3 is 33.8 Å². The Morgan fingerprint density at radius 1 is 0.267 bits per heavy atom. The maximum Gasteiger partial charge on any atom is 0.472 e. The number of phosphoric acid groups is 2. The summed E-state index contributed by atoms with van der Waals surface area (Å²) in [5.41, 5.74) is 0. The highest BCUT2D eigenvalue weighted by Gasteiger charge is 2.30. The van der Waals surface area contributed by atoms with Gasteiger partial charge in [-0.05, 0) is 31.6 Å². The summed E-state index contributed by atoms with van der Waals surface area (Å²) >= 11 is 0. The van der Waals surface area contributed by atoms with Gasteiger partial charge in [0.25, 0.3) is 0 Å². The number of carbonyl (C=O) groups excluding carboxylic acids is 4. The Balaban J connectivity index is 5.11. The first-order valence-electron chi connectivity index (χ1n) is 42.6. The minimum atomic E-state index is -4.96. The van der Waals surface area contributed by atoms with Gasteiger partial charge in [-0.3, -0.25) is 37.3 Å². The molecule has 0 aliphatic rings. The van der Waals surface area contributed by atoms with Gasteiger partial charge in [-0.1, -0.05) is 388 Å². The molecule has 600 valence electrons. The molecule has 0 aromatic carbocycles. The van der Waals surface area contributed by atoms with E-state index in [9.17, 15) is 43.2 Å². The van der Waals surface area contributed by atoms with Crippen LogP contribution in [0.5, 0.6) is 0 Å². The van der Waals surface area contributed by atoms with Crippen molar-refractivity contribution in [2.75, 3.05) is 39.6 Å². The third-order valence-electron chi connectivity index (χ3n) is 19.3. The predicted molar refractivity (Wildman–Crippen MR) is 414 cm³/mol. The van der Waals surface area contributed by atoms with E-state index in [-0.39, 0.29) is 25.7 Å². The van der Waals surface area contributed by atoms with Gasteiger partial charge in [0.1, 0.15) is 19.3 Å². The van der Waals surface area contributed by atoms with Crippen molar-refractivity contribution in [3.8, 4) is 0 Å². The molecule has 0 spiro atoms. The van der Waals surface area contributed by atoms with Crippen molar-refractivity contribution < 1.29 is 80.2 Å². The molecule has 19 heteroatoms. The van der Waals surface area contributed by atoms with E-state index in [1.807, 2.05) is 0 Å². The SMILES string of the molecule is CCCCCCCCCCCCCCCCCCCCCCC(=O)OC[C@H](COP(=O)(O)OC[C@@H](O)COP(=O)(O)OC[C@@H](COC(=O)CCCCCCC)OC(=O)CCCCCCCCCCCCCCCC(C)C)OC(=O)CCCCCCCCCCCCCCCCCCCCCC. The topological polar surface area (TPSA) is 237 Å². The number of rotatable bonds is 82. The zero-order chi connectivity index (χ0) is 74.1. The van der Waals surface area contributed by atoms with Crippen molar-refractivity contribution in [1.29, 1.82) is 0 Å². The Morgan fingerprint density at radius 2 is 0.455 bits per heavy atom. The van der Waals surface area contributed by atoms with Gasteiger partial charge in [0.05, 0.1) is 26.4 Å². The molecular weight excluding hydrogens is 1320 g/mol. The van der Waals surface area contributed by atoms with E-state index in [4.69, 9.17) is 37.0 Å². The van der Waals surface area contributed by atoms with Crippen molar-refractivity contribution in [1.82, 2.24) is 0 Å². The molecule has 0 bridgehead atoms. The second-order valence-corrected chi connectivity index (χ2v) is 32.9. The number of unbranched alkanes of at least 4 members (excludes halogenated alkanes) is 54. The van der Waals surface area contributed by atoms with Crippen LogP contribution in [0.25, 0.3) is 0 Å². The van der Waals surface area contributed by atoms with E-state index in [1.165, 1.54) is 257 Å². The first-order valence-corrected chi connectivity index (χ1v) is 45.6. The fraction of sp³-hybridized carbons (Fsp3) is 0.951. The Kier molecular flexibility index (Phi) is 73.5. The molecular formula is C82H160O17P2. The van der Waals surface area contributed by atoms with E-state index in [0.717, 1.165) is 102 Å². The molecule has 5 atom stereocenters. The number of esters is 4. The summed E-state index contributed by atoms with van der Waals surface area (Å²) in [4.78, 5) is 72.8. The lowest BCUT2D eigenvalue weighted by molar-refractivity contribution is -0.161. The van der Waals surface area contributed by atoms with Crippen LogP contribution in [-0.4, -0.2) is 96.7 Å². The Morgan fingerprint density at radius 3 is 0.673 bits per heavy atom. The first kappa shape index (κ1) is 99.1. The molecule has 0 aromatic heterocycles. The van der Waals surface area contributed by atoms with Gasteiger partial charge in [0, 0.05) is 25.7 Å². The molecule has 0 radical (unpaired) electrons. The van der Waals surface area contributed by atoms with E-state index in [2.05, 4.69) is 34.6 Å². The minimum Gasteiger partial charge on any atom is -0.462 e. The zero-order valence-electron chi connectivity index (χ0n) is 66.1. The number of aliphatic hydroxyl groups is 1. The van der Waals surface area contributed by atoms with Crippen LogP contribution >= 0.6 is 15.6 Å². The summed E-state index contributed by atoms with van der Waals surface area (Å²) in [5.74, 6) is -1.33. The Bertz CT molecular complexity index is 1930. The molecule has 3 N–H and O–H groups in total. The average Bonchev–Trinajstić information content (AvgIpc) is 1.09. The van der Waals surface area contributed by atoms with Crippen LogP contribution in [-0.2, 0) is 65.4 Å². The van der Waals surface area contributed by atoms with Crippen LogP contribution in [0.3, 0.4) is 0 Å². The van der Waals surface area contributed by atoms with E-state index < -0.39 is 97.5 Å². The standard InChI is InChI=1S/C82H160O17P2/c1-6-9-12-15-17-19-21-23-25-27-29-31-33-35-39-43-47-51-56-61-66-80(85)93-72-78(99-82(87)68-62-57-52-48-44-40-36-34-32-30-28-26-24-22-20-18-16-13-10-7-2)74-97-101(90,91)95-70-76(83)69-94-100(88,89)96-73-77(71-92-79(84)65-60-54-14-11-8-3)98-81(86)67-63-58-53-49-45-41-37-38-42-46-50-55-59-64-75(4)5/h75-78,83H,6-74H2,1-5H3,(H,88,89)(H,90,91)/t76-,77+,78+/m0/s1. The molecule has 0 rings (SSSR count). The average molecular weight is 1480 g/mol. The van der Waals surface area contributed by atoms with Crippen LogP contribution in [0.15, 0.2) is 0 Å². The molecule has 0 aliphatic heterocycles. The lowest BCUT2D eigenvalue weighted by Crippen LogP contribution is -2.30. The Labute approximate surface area is 619 Å². The summed E-state index contributed by atoms with van der Waals surface area (Å²) < 4.78 is 68.5. The lowest BCUT2D eigenvalue weighted by atomic mass is 10.0. The molecule has 0 saturated carbocycles. The van der Waals surface area contributed by atoms with Gasteiger partial charge in [0.15, 0.2) is 12.2 Å². The van der Waals surface area contributed by atoms with Gasteiger partial charge in [-0.2, -0.15) is 0 Å². The predicted octanol–water partition coefficient (Wildman–Crippen LogP) is 24.8. The summed E-state index contributed by atoms with van der Waals surface area (Å²) in [6.07, 6.45) is 67.2. The molecule has 101 heavy (non-hydrogen) atoms. The largest absolute Gasteiger partial charge is 0.472 e. The second-order valence-electron chi connectivity index (χ2n) is 30.0. The van der Waals surface area contributed by atoms with Crippen LogP contribution in [0.1, 0.15) is 439 Å². The fourth-order valence-corrected chi connectivity index (χ4v) is 14.3. The first-order chi connectivity index (χ1) is 49.0. The highest BCUT2D eigenvalue weighted by molar-refractivity contribution is 7.47. The van der Waals surface area contributed by atoms with E-state index in [1.54, 1.807) is 0 Å². The van der Waals surface area contributed by atoms with Gasteiger partial charge in [-0.25, -0.2) is 9.13 Å². The zero-order valence-corrected chi connectivity index (χ0v) is 67.8. The van der Waals surface area contributed by atoms with Gasteiger partial charge in [-0.15, -0.1) is 0 Å². The lowest BCUT2D eigenvalue weighted by Gasteiger charge is -2.21. The number of carbonyl (C=O) groups is 4. The third kappa shape index (κ3) is 76.1. The number of aliphatic hydroxyl groups excluding tert-OH is 1. The second kappa shape index (κ2) is 74.9. The number of hydrogen-bond acceptors (Lipinski definition) is 15. The van der Waals surface area contributed by atoms with Crippen LogP contribution in [0.4, 0.5) is 0 Å². The van der Waals surface area contributed by atoms with Crippen LogP contribution < -0.4 is 0 Å². The minimum absolute atomic E-state index is 0.107. The van der Waals surface area contributed by atoms with Crippen LogP contribution in [0.2, 0.25) is 0 Å². The van der Waals surface area contributed by atoms with Gasteiger partial charge in [0.2, 0.25) is 0 Å². The van der Waals surface area contributed by atoms with Gasteiger partial charge >= 0.3 is 39.5 Å². The van der Waals surface area contributed by atoms with Crippen molar-refractivity contribution in [3.63, 3.8) is 0 Å². The molecule has 0 aliphatic carbocycles. The van der Waals surface area contributed by atoms with Crippen LogP contribution in [0, 0.1) is 5.92 Å². The van der Waals surface area contributed by atoms with Crippen molar-refractivity contribution >= 4 is 39.5 Å². The molecule has 0 aromatic rings. The molecule has 17 nitrogen and oxygen atoms in total. The van der Waals surface area contributed by atoms with E-state index in [0.29, 0.717) is 25.7 Å². The van der Waals surface area contributed by atoms with Crippen molar-refractivity contribution in [2.45, 2.75) is 457 Å². The molecule has 2 unspecified atom stereocenters. The van der Waals surface area contributed by atoms with E-state index >= 15 is 0 Å². The smallest absolute Gasteiger partial charge is 0.462 e. The third-order valence-corrected chi connectivity index (χ3v) is 21.2. The normalized spacial score (nSPS) is 13.8. The Hall–Kier alpha value is -1.94. The number of ether oxygens (including phenoxy) is 4. The molecule has 0 fully saturated rings. The molecule has 0 amide bonds. The summed E-state index contributed by atoms with van der Waals surface area (Å²) in [7, 11) is -9.91.